The quantitative estimate of drug-likeness (QED) is 0.849. The lowest BCUT2D eigenvalue weighted by Gasteiger charge is -2.03. The normalized spacial score (nSPS) is 11.5. The van der Waals surface area contributed by atoms with Crippen LogP contribution < -0.4 is 0 Å². The minimum absolute atomic E-state index is 0.108. The molecule has 1 aromatic heterocycles. The molecule has 1 N–H and O–H groups in total. The number of esters is 1. The standard InChI is InChI=1S/C8H7BrF3NO2/c1-2-15-7(14)5-3-4(9)6(13-5)8(10,11)12/h3,13H,2H2,1H3. The lowest BCUT2D eigenvalue weighted by atomic mass is 10.4. The van der Waals surface area contributed by atoms with E-state index >= 15 is 0 Å². The van der Waals surface area contributed by atoms with E-state index in [1.807, 2.05) is 4.98 Å². The van der Waals surface area contributed by atoms with Crippen LogP contribution in [0, 0.1) is 0 Å². The number of nitrogens with one attached hydrogen (secondary N) is 1. The molecule has 0 saturated heterocycles. The maximum Gasteiger partial charge on any atom is 0.432 e. The van der Waals surface area contributed by atoms with Gasteiger partial charge < -0.3 is 9.72 Å². The van der Waals surface area contributed by atoms with Crippen LogP contribution in [-0.4, -0.2) is 17.6 Å². The molecule has 1 heterocycles. The average molecular weight is 286 g/mol. The Balaban J connectivity index is 3.01. The van der Waals surface area contributed by atoms with Gasteiger partial charge in [0, 0.05) is 4.47 Å². The summed E-state index contributed by atoms with van der Waals surface area (Å²) in [6, 6.07) is 1.04. The van der Waals surface area contributed by atoms with Gasteiger partial charge in [-0.15, -0.1) is 0 Å². The second kappa shape index (κ2) is 4.26. The molecule has 7 heteroatoms. The van der Waals surface area contributed by atoms with E-state index in [9.17, 15) is 18.0 Å². The summed E-state index contributed by atoms with van der Waals surface area (Å²) in [5.74, 6) is -0.811. The molecule has 84 valence electrons. The van der Waals surface area contributed by atoms with Crippen LogP contribution in [0.15, 0.2) is 10.5 Å². The van der Waals surface area contributed by atoms with Gasteiger partial charge in [0.1, 0.15) is 11.4 Å². The molecule has 0 aromatic carbocycles. The molecule has 15 heavy (non-hydrogen) atoms. The Kier molecular flexibility index (Phi) is 3.43. The Labute approximate surface area is 91.7 Å². The molecule has 0 fully saturated rings. The largest absolute Gasteiger partial charge is 0.461 e. The zero-order valence-corrected chi connectivity index (χ0v) is 9.20. The topological polar surface area (TPSA) is 42.1 Å². The highest BCUT2D eigenvalue weighted by atomic mass is 79.9. The third-order valence-electron chi connectivity index (χ3n) is 1.55. The molecule has 0 amide bonds. The van der Waals surface area contributed by atoms with Crippen LogP contribution in [0.5, 0.6) is 0 Å². The first-order valence-corrected chi connectivity index (χ1v) is 4.78. The summed E-state index contributed by atoms with van der Waals surface area (Å²) in [5, 5.41) is 0. The molecule has 0 spiro atoms. The van der Waals surface area contributed by atoms with Gasteiger partial charge in [-0.3, -0.25) is 0 Å². The fourth-order valence-electron chi connectivity index (χ4n) is 0.954. The van der Waals surface area contributed by atoms with E-state index in [1.54, 1.807) is 6.92 Å². The Hall–Kier alpha value is -0.980. The van der Waals surface area contributed by atoms with Crippen LogP contribution in [0.3, 0.4) is 0 Å². The minimum Gasteiger partial charge on any atom is -0.461 e. The Morgan fingerprint density at radius 1 is 1.60 bits per heavy atom. The average Bonchev–Trinajstić information content (AvgIpc) is 2.47. The number of aromatic amines is 1. The van der Waals surface area contributed by atoms with Gasteiger partial charge in [-0.2, -0.15) is 13.2 Å². The number of aromatic nitrogens is 1. The number of halogens is 4. The van der Waals surface area contributed by atoms with Crippen molar-refractivity contribution in [3.8, 4) is 0 Å². The number of ether oxygens (including phenoxy) is 1. The van der Waals surface area contributed by atoms with E-state index in [-0.39, 0.29) is 16.8 Å². The summed E-state index contributed by atoms with van der Waals surface area (Å²) < 4.78 is 41.2. The van der Waals surface area contributed by atoms with Crippen molar-refractivity contribution in [1.29, 1.82) is 0 Å². The first kappa shape index (κ1) is 12.1. The highest BCUT2D eigenvalue weighted by molar-refractivity contribution is 9.10. The third kappa shape index (κ3) is 2.74. The van der Waals surface area contributed by atoms with Crippen molar-refractivity contribution in [2.75, 3.05) is 6.61 Å². The Bertz CT molecular complexity index is 372. The molecule has 1 aromatic rings. The van der Waals surface area contributed by atoms with Gasteiger partial charge in [0.2, 0.25) is 0 Å². The highest BCUT2D eigenvalue weighted by Crippen LogP contribution is 2.34. The highest BCUT2D eigenvalue weighted by Gasteiger charge is 2.36. The molecule has 0 aliphatic carbocycles. The smallest absolute Gasteiger partial charge is 0.432 e. The van der Waals surface area contributed by atoms with Gasteiger partial charge in [-0.05, 0) is 28.9 Å². The predicted molar refractivity (Wildman–Crippen MR) is 49.5 cm³/mol. The zero-order valence-electron chi connectivity index (χ0n) is 7.61. The van der Waals surface area contributed by atoms with E-state index in [0.717, 1.165) is 6.07 Å². The van der Waals surface area contributed by atoms with Gasteiger partial charge in [0.15, 0.2) is 0 Å². The molecule has 0 saturated carbocycles. The fourth-order valence-corrected chi connectivity index (χ4v) is 1.51. The van der Waals surface area contributed by atoms with Crippen molar-refractivity contribution in [2.24, 2.45) is 0 Å². The number of hydrogen-bond acceptors (Lipinski definition) is 2. The fraction of sp³-hybridized carbons (Fsp3) is 0.375. The SMILES string of the molecule is CCOC(=O)c1cc(Br)c(C(F)(F)F)[nH]1. The number of hydrogen-bond donors (Lipinski definition) is 1. The van der Waals surface area contributed by atoms with Crippen molar-refractivity contribution in [2.45, 2.75) is 13.1 Å². The van der Waals surface area contributed by atoms with Crippen LogP contribution in [0.1, 0.15) is 23.1 Å². The monoisotopic (exact) mass is 285 g/mol. The van der Waals surface area contributed by atoms with E-state index in [0.29, 0.717) is 0 Å². The van der Waals surface area contributed by atoms with Crippen LogP contribution in [0.4, 0.5) is 13.2 Å². The minimum atomic E-state index is -4.52. The van der Waals surface area contributed by atoms with E-state index in [2.05, 4.69) is 20.7 Å². The Morgan fingerprint density at radius 3 is 2.60 bits per heavy atom. The van der Waals surface area contributed by atoms with Crippen molar-refractivity contribution < 1.29 is 22.7 Å². The number of carbonyl (C=O) groups is 1. The molecule has 0 aliphatic heterocycles. The molecule has 0 aliphatic rings. The van der Waals surface area contributed by atoms with E-state index in [4.69, 9.17) is 0 Å². The Morgan fingerprint density at radius 2 is 2.20 bits per heavy atom. The molecule has 3 nitrogen and oxygen atoms in total. The number of rotatable bonds is 2. The maximum absolute atomic E-state index is 12.3. The van der Waals surface area contributed by atoms with Crippen LogP contribution in [-0.2, 0) is 10.9 Å². The van der Waals surface area contributed by atoms with Crippen LogP contribution in [0.2, 0.25) is 0 Å². The summed E-state index contributed by atoms with van der Waals surface area (Å²) in [5.41, 5.74) is -1.22. The number of H-pyrrole nitrogens is 1. The van der Waals surface area contributed by atoms with Crippen LogP contribution >= 0.6 is 15.9 Å². The lowest BCUT2D eigenvalue weighted by Crippen LogP contribution is -2.09. The molecular formula is C8H7BrF3NO2. The summed E-state index contributed by atoms with van der Waals surface area (Å²) in [6.45, 7) is 1.68. The molecular weight excluding hydrogens is 279 g/mol. The number of carbonyl (C=O) groups excluding carboxylic acids is 1. The maximum atomic E-state index is 12.3. The van der Waals surface area contributed by atoms with Gasteiger partial charge in [0.05, 0.1) is 6.61 Å². The molecule has 0 atom stereocenters. The van der Waals surface area contributed by atoms with E-state index in [1.165, 1.54) is 0 Å². The first-order valence-electron chi connectivity index (χ1n) is 3.99. The van der Waals surface area contributed by atoms with Gasteiger partial charge in [-0.1, -0.05) is 0 Å². The second-order valence-electron chi connectivity index (χ2n) is 2.62. The zero-order chi connectivity index (χ0) is 11.6. The first-order chi connectivity index (χ1) is 6.86. The number of alkyl halides is 3. The van der Waals surface area contributed by atoms with Crippen molar-refractivity contribution in [3.63, 3.8) is 0 Å². The van der Waals surface area contributed by atoms with Crippen molar-refractivity contribution in [3.05, 3.63) is 21.9 Å². The molecule has 0 radical (unpaired) electrons. The molecule has 0 bridgehead atoms. The summed E-state index contributed by atoms with van der Waals surface area (Å²) in [7, 11) is 0. The van der Waals surface area contributed by atoms with Gasteiger partial charge >= 0.3 is 12.1 Å². The van der Waals surface area contributed by atoms with Crippen molar-refractivity contribution in [1.82, 2.24) is 4.98 Å². The van der Waals surface area contributed by atoms with Crippen molar-refractivity contribution >= 4 is 21.9 Å². The second-order valence-corrected chi connectivity index (χ2v) is 3.48. The van der Waals surface area contributed by atoms with Crippen LogP contribution in [0.25, 0.3) is 0 Å². The lowest BCUT2D eigenvalue weighted by molar-refractivity contribution is -0.141. The third-order valence-corrected chi connectivity index (χ3v) is 2.17. The molecule has 1 rings (SSSR count). The van der Waals surface area contributed by atoms with E-state index < -0.39 is 17.8 Å². The molecule has 0 unspecified atom stereocenters. The van der Waals surface area contributed by atoms with Gasteiger partial charge in [-0.25, -0.2) is 4.79 Å². The van der Waals surface area contributed by atoms with Gasteiger partial charge in [0.25, 0.3) is 0 Å². The summed E-state index contributed by atoms with van der Waals surface area (Å²) in [4.78, 5) is 13.1. The predicted octanol–water partition coefficient (Wildman–Crippen LogP) is 2.97. The summed E-state index contributed by atoms with van der Waals surface area (Å²) in [6.07, 6.45) is -4.52. The summed E-state index contributed by atoms with van der Waals surface area (Å²) >= 11 is 2.71.